The molecule has 0 aliphatic carbocycles. The van der Waals surface area contributed by atoms with Crippen LogP contribution in [0, 0.1) is 27.7 Å². The van der Waals surface area contributed by atoms with Gasteiger partial charge in [0.05, 0.1) is 51.9 Å². The number of para-hydroxylation sites is 4. The third-order valence-electron chi connectivity index (χ3n) is 24.5. The van der Waals surface area contributed by atoms with Gasteiger partial charge in [0.25, 0.3) is 0 Å². The largest absolute Gasteiger partial charge is 0.488 e. The number of carbonyl (C=O) groups is 1. The molecule has 0 fully saturated rings. The van der Waals surface area contributed by atoms with Gasteiger partial charge in [-0.15, -0.1) is 0 Å². The van der Waals surface area contributed by atoms with Gasteiger partial charge in [0.15, 0.2) is 23.0 Å². The number of nitrogens with zero attached hydrogens (tertiary/aromatic N) is 4. The SMILES string of the molecule is CCc1ccc(OCc2ccccc2)c2c(C(O)CO)cc(-c3oc4ccccc4c3C)nc12.CCc1ccc(OCc2ccccc2)c2c(CC(=O)O)cc(-c3oc4ccccc4c3C)nc12.CCc1ccc(OCc2ccccc2)c2c(CP(=O)(O)O)cc(-c3oc4ccccc4c3C)nc12.CCc1ccc(OCc2ccccc2)c2c(P(=O)(O)O)cc(-c3oc4ccccc4c3C)nc12. The summed E-state index contributed by atoms with van der Waals surface area (Å²) in [5, 5.41) is 36.7. The van der Waals surface area contributed by atoms with Gasteiger partial charge < -0.3 is 71.5 Å². The topological polar surface area (TPSA) is 334 Å². The molecule has 20 rings (SSSR count). The highest BCUT2D eigenvalue weighted by Gasteiger charge is 2.31. The zero-order valence-corrected chi connectivity index (χ0v) is 78.7. The van der Waals surface area contributed by atoms with Crippen LogP contribution in [-0.4, -0.2) is 67.4 Å². The molecule has 692 valence electrons. The van der Waals surface area contributed by atoms with Crippen molar-refractivity contribution in [2.45, 2.75) is 126 Å². The Hall–Kier alpha value is -14.7. The second-order valence-corrected chi connectivity index (χ2v) is 36.8. The van der Waals surface area contributed by atoms with Gasteiger partial charge in [-0.1, -0.05) is 246 Å². The van der Waals surface area contributed by atoms with Crippen molar-refractivity contribution in [3.63, 3.8) is 0 Å². The third kappa shape index (κ3) is 20.5. The van der Waals surface area contributed by atoms with E-state index < -0.39 is 40.0 Å². The number of furan rings is 4. The van der Waals surface area contributed by atoms with E-state index in [9.17, 15) is 48.8 Å². The molecule has 20 aromatic rings. The van der Waals surface area contributed by atoms with E-state index in [1.165, 1.54) is 6.07 Å². The number of fused-ring (bicyclic) bond motifs is 8. The summed E-state index contributed by atoms with van der Waals surface area (Å²) < 4.78 is 74.0. The molecule has 22 nitrogen and oxygen atoms in total. The number of ether oxygens (including phenoxy) is 4. The number of hydrogen-bond donors (Lipinski definition) is 7. The fraction of sp³-hybridized carbons (Fsp3) is 0.177. The van der Waals surface area contributed by atoms with Gasteiger partial charge in [0.1, 0.15) is 101 Å². The van der Waals surface area contributed by atoms with Gasteiger partial charge in [0.2, 0.25) is 0 Å². The summed E-state index contributed by atoms with van der Waals surface area (Å²) in [6, 6.07) is 92.5. The minimum atomic E-state index is -4.68. The standard InChI is InChI=1S/C29H25NO4.C29H27NO4.C28H26NO5P.C27H24NO5P/c1-3-20-13-14-25(33-17-19-9-5-4-6-10-19)27-21(16-26(31)32)15-23(30-28(20)27)29-18(2)22-11-7-8-12-24(22)34-29;1-3-20-13-14-26(33-17-19-9-5-4-6-10-19)27-22(24(32)16-31)15-23(30-28(20)27)29-18(2)21-11-7-8-12-25(21)34-29;1-3-20-13-14-25(33-16-19-9-5-4-6-10-19)26-21(17-35(30,31)32)15-23(29-27(20)26)28-18(2)22-11-7-8-12-24(22)34-28;1-3-19-13-14-23(32-16-18-9-5-4-6-10-18)25-24(34(29,30)31)15-21(28-26(19)25)27-17(2)20-11-7-8-12-22(20)33-27/h4-15H,3,16-17H2,1-2H3,(H,31,32);4-15,24,31-32H,3,16-17H2,1-2H3;4-15H,3,16-17H2,1-2H3,(H2,30,31,32);4-15H,3,16H2,1-2H3,(H2,29,30,31). The number of aliphatic carboxylic acids is 1. The first-order valence-corrected chi connectivity index (χ1v) is 48.8. The van der Waals surface area contributed by atoms with E-state index in [1.807, 2.05) is 315 Å². The number of hydrogen-bond acceptors (Lipinski definition) is 17. The maximum atomic E-state index is 12.7. The molecular formula is C113H102N4O18P2. The summed E-state index contributed by atoms with van der Waals surface area (Å²) in [4.78, 5) is 72.1. The van der Waals surface area contributed by atoms with Gasteiger partial charge >= 0.3 is 21.2 Å². The highest BCUT2D eigenvalue weighted by atomic mass is 31.2. The number of carboxylic acids is 1. The van der Waals surface area contributed by atoms with Crippen molar-refractivity contribution in [1.82, 2.24) is 19.9 Å². The van der Waals surface area contributed by atoms with Crippen molar-refractivity contribution in [3.8, 4) is 68.8 Å². The van der Waals surface area contributed by atoms with Crippen molar-refractivity contribution >= 4 is 114 Å². The summed E-state index contributed by atoms with van der Waals surface area (Å²) in [5.74, 6) is 3.69. The van der Waals surface area contributed by atoms with Gasteiger partial charge in [0, 0.05) is 60.0 Å². The number of benzene rings is 12. The summed E-state index contributed by atoms with van der Waals surface area (Å²) in [6.45, 7) is 17.0. The molecule has 24 heteroatoms. The van der Waals surface area contributed by atoms with Crippen LogP contribution in [0.15, 0.2) is 309 Å². The molecule has 0 saturated carbocycles. The number of carboxylic acid groups (broad SMARTS) is 1. The molecule has 0 radical (unpaired) electrons. The smallest absolute Gasteiger partial charge is 0.357 e. The van der Waals surface area contributed by atoms with E-state index in [0.29, 0.717) is 151 Å². The first kappa shape index (κ1) is 94.1. The van der Waals surface area contributed by atoms with Crippen LogP contribution in [-0.2, 0) is 78.6 Å². The lowest BCUT2D eigenvalue weighted by Gasteiger charge is -2.18. The fourth-order valence-corrected chi connectivity index (χ4v) is 19.1. The van der Waals surface area contributed by atoms with E-state index in [1.54, 1.807) is 12.1 Å². The van der Waals surface area contributed by atoms with E-state index in [4.69, 9.17) is 56.6 Å². The molecular weight excluding hydrogens is 1760 g/mol. The lowest BCUT2D eigenvalue weighted by molar-refractivity contribution is -0.136. The molecule has 7 N–H and O–H groups in total. The summed E-state index contributed by atoms with van der Waals surface area (Å²) in [5.41, 5.74) is 21.3. The first-order chi connectivity index (χ1) is 66.3. The predicted octanol–water partition coefficient (Wildman–Crippen LogP) is 25.5. The highest BCUT2D eigenvalue weighted by molar-refractivity contribution is 7.60. The van der Waals surface area contributed by atoms with E-state index in [0.717, 1.165) is 134 Å². The maximum Gasteiger partial charge on any atom is 0.357 e. The van der Waals surface area contributed by atoms with Crippen LogP contribution < -0.4 is 24.3 Å². The molecule has 1 unspecified atom stereocenters. The number of rotatable bonds is 27. The van der Waals surface area contributed by atoms with Crippen LogP contribution in [0.2, 0.25) is 0 Å². The number of aliphatic hydroxyl groups is 2. The average Bonchev–Trinajstić information content (AvgIpc) is 1.73. The van der Waals surface area contributed by atoms with Crippen LogP contribution in [0.1, 0.15) is 117 Å². The van der Waals surface area contributed by atoms with Crippen LogP contribution in [0.4, 0.5) is 0 Å². The second kappa shape index (κ2) is 41.3. The van der Waals surface area contributed by atoms with Gasteiger partial charge in [-0.25, -0.2) is 19.9 Å². The van der Waals surface area contributed by atoms with Crippen molar-refractivity contribution in [2.24, 2.45) is 0 Å². The van der Waals surface area contributed by atoms with E-state index in [2.05, 4.69) is 13.8 Å². The lowest BCUT2D eigenvalue weighted by atomic mass is 9.97. The van der Waals surface area contributed by atoms with Gasteiger partial charge in [-0.2, -0.15) is 0 Å². The summed E-state index contributed by atoms with van der Waals surface area (Å²) in [7, 11) is -9.05. The molecule has 0 aliphatic heterocycles. The van der Waals surface area contributed by atoms with Crippen molar-refractivity contribution in [3.05, 3.63) is 375 Å². The first-order valence-electron chi connectivity index (χ1n) is 45.4. The quantitative estimate of drug-likeness (QED) is 0.0235. The van der Waals surface area contributed by atoms with Crippen molar-refractivity contribution in [2.75, 3.05) is 6.61 Å². The summed E-state index contributed by atoms with van der Waals surface area (Å²) in [6.07, 6.45) is 1.23. The number of aromatic nitrogens is 4. The minimum absolute atomic E-state index is 0.120. The molecule has 0 amide bonds. The zero-order chi connectivity index (χ0) is 95.8. The molecule has 1 atom stereocenters. The Labute approximate surface area is 790 Å². The minimum Gasteiger partial charge on any atom is -0.488 e. The predicted molar refractivity (Wildman–Crippen MR) is 538 cm³/mol. The Morgan fingerprint density at radius 3 is 0.927 bits per heavy atom. The Kier molecular flexibility index (Phi) is 28.3. The van der Waals surface area contributed by atoms with Crippen molar-refractivity contribution in [1.29, 1.82) is 0 Å². The number of aliphatic hydroxyl groups excluding tert-OH is 2. The van der Waals surface area contributed by atoms with Crippen LogP contribution in [0.25, 0.3) is 133 Å². The number of pyridine rings is 4. The molecule has 0 bridgehead atoms. The molecule has 0 aliphatic rings. The molecule has 8 heterocycles. The normalized spacial score (nSPS) is 11.8. The fourth-order valence-electron chi connectivity index (χ4n) is 17.6. The molecule has 8 aromatic heterocycles. The van der Waals surface area contributed by atoms with Gasteiger partial charge in [-0.3, -0.25) is 13.9 Å². The molecule has 137 heavy (non-hydrogen) atoms. The zero-order valence-electron chi connectivity index (χ0n) is 76.9. The molecule has 0 saturated heterocycles. The monoisotopic (exact) mass is 1860 g/mol. The van der Waals surface area contributed by atoms with Crippen molar-refractivity contribution < 1.29 is 85.4 Å². The van der Waals surface area contributed by atoms with Crippen LogP contribution in [0.3, 0.4) is 0 Å². The van der Waals surface area contributed by atoms with Crippen LogP contribution >= 0.6 is 15.2 Å². The Morgan fingerprint density at radius 1 is 0.343 bits per heavy atom. The number of aryl methyl sites for hydroxylation is 8. The molecule has 12 aromatic carbocycles. The second-order valence-electron chi connectivity index (χ2n) is 33.6. The van der Waals surface area contributed by atoms with E-state index >= 15 is 0 Å². The van der Waals surface area contributed by atoms with Crippen LogP contribution in [0.5, 0.6) is 23.0 Å². The third-order valence-corrected chi connectivity index (χ3v) is 26.3. The van der Waals surface area contributed by atoms with E-state index in [-0.39, 0.29) is 18.3 Å². The Balaban J connectivity index is 0.000000127. The summed E-state index contributed by atoms with van der Waals surface area (Å²) >= 11 is 0. The maximum absolute atomic E-state index is 12.7. The lowest BCUT2D eigenvalue weighted by Crippen LogP contribution is -2.11. The highest BCUT2D eigenvalue weighted by Crippen LogP contribution is 2.49. The average molecular weight is 1870 g/mol. The van der Waals surface area contributed by atoms with Gasteiger partial charge in [-0.05, 0) is 187 Å². The molecule has 0 spiro atoms. The Bertz CT molecular complexity index is 7940. The Morgan fingerprint density at radius 2 is 0.620 bits per heavy atom.